The minimum atomic E-state index is -1.04. The van der Waals surface area contributed by atoms with Crippen molar-refractivity contribution in [3.63, 3.8) is 0 Å². The molecule has 1 saturated heterocycles. The third-order valence-electron chi connectivity index (χ3n) is 8.25. The zero-order valence-electron chi connectivity index (χ0n) is 28.7. The third-order valence-corrected chi connectivity index (χ3v) is 8.25. The maximum atomic E-state index is 14.2. The van der Waals surface area contributed by atoms with Crippen molar-refractivity contribution in [2.24, 2.45) is 0 Å². The summed E-state index contributed by atoms with van der Waals surface area (Å²) < 4.78 is 41.0. The van der Waals surface area contributed by atoms with Crippen LogP contribution in [-0.4, -0.2) is 75.0 Å². The maximum Gasteiger partial charge on any atom is 0.339 e. The highest BCUT2D eigenvalue weighted by molar-refractivity contribution is 5.80. The predicted octanol–water partition coefficient (Wildman–Crippen LogP) is 6.11. The van der Waals surface area contributed by atoms with Crippen LogP contribution in [0, 0.1) is 12.7 Å². The lowest BCUT2D eigenvalue weighted by molar-refractivity contribution is -0.164. The number of carbonyl (C=O) groups excluding carboxylic acids is 1. The highest BCUT2D eigenvalue weighted by atomic mass is 19.1. The molecule has 0 aliphatic carbocycles. The molecule has 1 aliphatic rings. The minimum absolute atomic E-state index is 0.311. The summed E-state index contributed by atoms with van der Waals surface area (Å²) >= 11 is 0. The van der Waals surface area contributed by atoms with Gasteiger partial charge in [-0.25, -0.2) is 18.9 Å². The molecule has 12 heteroatoms. The minimum Gasteiger partial charge on any atom is -0.489 e. The summed E-state index contributed by atoms with van der Waals surface area (Å²) in [4.78, 5) is 20.4. The van der Waals surface area contributed by atoms with Crippen molar-refractivity contribution < 1.29 is 28.1 Å². The lowest BCUT2D eigenvalue weighted by atomic mass is 9.92. The Bertz CT molecular complexity index is 1780. The first kappa shape index (κ1) is 34.8. The van der Waals surface area contributed by atoms with Crippen LogP contribution in [0.2, 0.25) is 0 Å². The van der Waals surface area contributed by atoms with Crippen LogP contribution in [0.3, 0.4) is 0 Å². The van der Waals surface area contributed by atoms with E-state index in [1.54, 1.807) is 33.6 Å². The van der Waals surface area contributed by atoms with E-state index in [9.17, 15) is 9.18 Å². The first-order chi connectivity index (χ1) is 22.8. The number of fused-ring (bicyclic) bond motifs is 1. The number of carbonyl (C=O) groups is 1. The number of nitrogens with zero attached hydrogens (tertiary/aromatic N) is 6. The van der Waals surface area contributed by atoms with Crippen molar-refractivity contribution in [2.75, 3.05) is 38.3 Å². The summed E-state index contributed by atoms with van der Waals surface area (Å²) in [6, 6.07) is 6.30. The van der Waals surface area contributed by atoms with Crippen molar-refractivity contribution >= 4 is 17.4 Å². The molecule has 11 nitrogen and oxygen atoms in total. The Labute approximate surface area is 280 Å². The lowest BCUT2D eigenvalue weighted by Gasteiger charge is -2.41. The summed E-state index contributed by atoms with van der Waals surface area (Å²) in [7, 11) is 1.35. The topological polar surface area (TPSA) is 105 Å². The van der Waals surface area contributed by atoms with Gasteiger partial charge in [0.2, 0.25) is 0 Å². The SMILES string of the molecule is C=CCOc1ccc(F)cc1Cc1cnn(-c2cc3nc(C)c([C@H](OC(C)(C)C)C(=O)OC)c(N4CCC(C)(OCC=C)CC4)n3n2)c1. The molecular formula is C36H45FN6O5. The third kappa shape index (κ3) is 7.77. The lowest BCUT2D eigenvalue weighted by Crippen LogP contribution is -2.45. The quantitative estimate of drug-likeness (QED) is 0.124. The number of rotatable bonds is 13. The number of aromatic nitrogens is 5. The van der Waals surface area contributed by atoms with Gasteiger partial charge in [0.25, 0.3) is 0 Å². The Balaban J connectivity index is 1.57. The van der Waals surface area contributed by atoms with E-state index in [-0.39, 0.29) is 11.4 Å². The van der Waals surface area contributed by atoms with Gasteiger partial charge in [0.1, 0.15) is 24.0 Å². The molecule has 0 spiro atoms. The van der Waals surface area contributed by atoms with Crippen molar-refractivity contribution in [1.29, 1.82) is 0 Å². The zero-order chi connectivity index (χ0) is 34.6. The first-order valence-corrected chi connectivity index (χ1v) is 16.1. The zero-order valence-corrected chi connectivity index (χ0v) is 28.7. The van der Waals surface area contributed by atoms with E-state index in [0.717, 1.165) is 18.4 Å². The molecule has 1 aromatic carbocycles. The number of benzene rings is 1. The highest BCUT2D eigenvalue weighted by Gasteiger charge is 2.38. The average molecular weight is 661 g/mol. The van der Waals surface area contributed by atoms with E-state index < -0.39 is 17.7 Å². The largest absolute Gasteiger partial charge is 0.489 e. The number of hydrogen-bond acceptors (Lipinski definition) is 9. The van der Waals surface area contributed by atoms with Gasteiger partial charge in [-0.15, -0.1) is 11.7 Å². The van der Waals surface area contributed by atoms with Crippen LogP contribution in [0.25, 0.3) is 11.5 Å². The summed E-state index contributed by atoms with van der Waals surface area (Å²) in [5, 5.41) is 9.54. The molecule has 1 aliphatic heterocycles. The Morgan fingerprint density at radius 3 is 2.54 bits per heavy atom. The fraction of sp³-hybridized carbons (Fsp3) is 0.444. The van der Waals surface area contributed by atoms with Crippen molar-refractivity contribution in [3.8, 4) is 11.6 Å². The molecule has 3 aromatic heterocycles. The molecule has 0 amide bonds. The molecule has 4 heterocycles. The van der Waals surface area contributed by atoms with Crippen LogP contribution in [0.15, 0.2) is 62.0 Å². The summed E-state index contributed by atoms with van der Waals surface area (Å²) in [6.45, 7) is 19.2. The molecule has 1 fully saturated rings. The van der Waals surface area contributed by atoms with Crippen LogP contribution < -0.4 is 9.64 Å². The fourth-order valence-corrected chi connectivity index (χ4v) is 5.88. The van der Waals surface area contributed by atoms with Gasteiger partial charge >= 0.3 is 5.97 Å². The number of aryl methyl sites for hydroxylation is 1. The number of anilines is 1. The average Bonchev–Trinajstić information content (AvgIpc) is 3.68. The standard InChI is InChI=1S/C36H45FN6O5/c1-9-17-46-28-12-11-27(37)20-26(28)19-25-22-38-42(23-25)30-21-29-39-24(3)31(32(34(44)45-8)48-35(4,5)6)33(43(29)40-30)41-15-13-36(7,14-16-41)47-18-10-2/h9-12,20-23,32H,1-2,13-19H2,3-8H3/t32-/m0/s1. The molecule has 0 bridgehead atoms. The predicted molar refractivity (Wildman–Crippen MR) is 181 cm³/mol. The van der Waals surface area contributed by atoms with Crippen LogP contribution in [0.1, 0.15) is 69.0 Å². The van der Waals surface area contributed by atoms with Crippen molar-refractivity contribution in [2.45, 2.75) is 71.2 Å². The Hall–Kier alpha value is -4.55. The number of methoxy groups -OCH3 is 1. The van der Waals surface area contributed by atoms with Crippen LogP contribution in [0.4, 0.5) is 10.2 Å². The van der Waals surface area contributed by atoms with Gasteiger partial charge in [-0.05, 0) is 71.2 Å². The molecule has 0 saturated carbocycles. The Morgan fingerprint density at radius 1 is 1.15 bits per heavy atom. The van der Waals surface area contributed by atoms with Crippen LogP contribution in [0.5, 0.6) is 5.75 Å². The van der Waals surface area contributed by atoms with Gasteiger partial charge in [-0.3, -0.25) is 0 Å². The van der Waals surface area contributed by atoms with Crippen molar-refractivity contribution in [1.82, 2.24) is 24.4 Å². The molecule has 0 N–H and O–H groups in total. The number of ether oxygens (including phenoxy) is 4. The number of halogens is 1. The second kappa shape index (κ2) is 14.3. The highest BCUT2D eigenvalue weighted by Crippen LogP contribution is 2.38. The monoisotopic (exact) mass is 660 g/mol. The number of hydrogen-bond donors (Lipinski definition) is 0. The van der Waals surface area contributed by atoms with E-state index in [2.05, 4.69) is 30.1 Å². The summed E-state index contributed by atoms with van der Waals surface area (Å²) in [5.74, 6) is 0.935. The smallest absolute Gasteiger partial charge is 0.339 e. The second-order valence-corrected chi connectivity index (χ2v) is 13.2. The van der Waals surface area contributed by atoms with E-state index in [1.807, 2.05) is 40.0 Å². The summed E-state index contributed by atoms with van der Waals surface area (Å²) in [6.07, 6.45) is 7.83. The van der Waals surface area contributed by atoms with E-state index in [4.69, 9.17) is 29.0 Å². The van der Waals surface area contributed by atoms with E-state index >= 15 is 0 Å². The molecule has 256 valence electrons. The molecule has 0 radical (unpaired) electrons. The Kier molecular flexibility index (Phi) is 10.4. The maximum absolute atomic E-state index is 14.2. The van der Waals surface area contributed by atoms with Gasteiger partial charge in [-0.1, -0.05) is 18.7 Å². The van der Waals surface area contributed by atoms with Gasteiger partial charge in [0.15, 0.2) is 17.6 Å². The molecule has 1 atom stereocenters. The molecule has 5 rings (SSSR count). The van der Waals surface area contributed by atoms with Gasteiger partial charge < -0.3 is 23.8 Å². The molecule has 0 unspecified atom stereocenters. The fourth-order valence-electron chi connectivity index (χ4n) is 5.88. The van der Waals surface area contributed by atoms with E-state index in [0.29, 0.717) is 72.6 Å². The molecular weight excluding hydrogens is 615 g/mol. The summed E-state index contributed by atoms with van der Waals surface area (Å²) in [5.41, 5.74) is 2.36. The van der Waals surface area contributed by atoms with Crippen LogP contribution >= 0.6 is 0 Å². The first-order valence-electron chi connectivity index (χ1n) is 16.1. The number of esters is 1. The van der Waals surface area contributed by atoms with Gasteiger partial charge in [0.05, 0.1) is 36.7 Å². The van der Waals surface area contributed by atoms with Gasteiger partial charge in [-0.2, -0.15) is 9.61 Å². The van der Waals surface area contributed by atoms with E-state index in [1.165, 1.54) is 19.2 Å². The number of piperidine rings is 1. The van der Waals surface area contributed by atoms with Crippen molar-refractivity contribution in [3.05, 3.63) is 90.2 Å². The normalized spacial score (nSPS) is 15.4. The Morgan fingerprint density at radius 2 is 1.88 bits per heavy atom. The molecule has 4 aromatic rings. The van der Waals surface area contributed by atoms with Crippen LogP contribution in [-0.2, 0) is 25.4 Å². The molecule has 48 heavy (non-hydrogen) atoms. The second-order valence-electron chi connectivity index (χ2n) is 13.2. The van der Waals surface area contributed by atoms with Gasteiger partial charge in [0, 0.05) is 43.0 Å².